The molecule has 0 radical (unpaired) electrons. The summed E-state index contributed by atoms with van der Waals surface area (Å²) in [7, 11) is 1.72. The molecule has 3 aromatic rings. The monoisotopic (exact) mass is 486 g/mol. The second-order valence-electron chi connectivity index (χ2n) is 10.2. The minimum Gasteiger partial charge on any atom is -0.390 e. The molecule has 3 aromatic heterocycles. The summed E-state index contributed by atoms with van der Waals surface area (Å²) in [6, 6.07) is 7.82. The van der Waals surface area contributed by atoms with Crippen LogP contribution in [0.2, 0.25) is 0 Å². The van der Waals surface area contributed by atoms with Crippen LogP contribution in [0.3, 0.4) is 0 Å². The molecule has 9 nitrogen and oxygen atoms in total. The molecule has 36 heavy (non-hydrogen) atoms. The molecule has 0 aromatic carbocycles. The number of pyridine rings is 2. The van der Waals surface area contributed by atoms with Gasteiger partial charge in [-0.3, -0.25) is 10.4 Å². The van der Waals surface area contributed by atoms with Crippen LogP contribution in [0, 0.1) is 17.2 Å². The highest BCUT2D eigenvalue weighted by molar-refractivity contribution is 6.21. The van der Waals surface area contributed by atoms with Gasteiger partial charge in [0.15, 0.2) is 5.82 Å². The quantitative estimate of drug-likeness (QED) is 0.305. The first-order valence-electron chi connectivity index (χ1n) is 12.6. The van der Waals surface area contributed by atoms with Crippen molar-refractivity contribution in [2.75, 3.05) is 32.1 Å². The summed E-state index contributed by atoms with van der Waals surface area (Å²) in [6.45, 7) is 8.88. The van der Waals surface area contributed by atoms with Crippen LogP contribution in [0.15, 0.2) is 42.9 Å². The maximum atomic E-state index is 8.89. The van der Waals surface area contributed by atoms with E-state index in [-0.39, 0.29) is 6.10 Å². The fourth-order valence-corrected chi connectivity index (χ4v) is 4.34. The summed E-state index contributed by atoms with van der Waals surface area (Å²) in [5.74, 6) is 3.64. The average molecular weight is 487 g/mol. The van der Waals surface area contributed by atoms with Gasteiger partial charge in [0.2, 0.25) is 0 Å². The van der Waals surface area contributed by atoms with Crippen LogP contribution in [0.5, 0.6) is 0 Å². The molecule has 1 aliphatic carbocycles. The molecular weight excluding hydrogens is 452 g/mol. The maximum absolute atomic E-state index is 8.89. The van der Waals surface area contributed by atoms with Gasteiger partial charge >= 0.3 is 0 Å². The molecule has 1 unspecified atom stereocenters. The Morgan fingerprint density at radius 1 is 1.19 bits per heavy atom. The molecule has 0 bridgehead atoms. The summed E-state index contributed by atoms with van der Waals surface area (Å²) in [4.78, 5) is 11.5. The first kappa shape index (κ1) is 24.1. The molecule has 3 N–H and O–H groups in total. The summed E-state index contributed by atoms with van der Waals surface area (Å²) in [6.07, 6.45) is 7.01. The third-order valence-electron chi connectivity index (χ3n) is 7.10. The third-order valence-corrected chi connectivity index (χ3v) is 7.10. The largest absolute Gasteiger partial charge is 0.390 e. The second kappa shape index (κ2) is 10.2. The number of hydrogen-bond donors (Lipinski definition) is 3. The van der Waals surface area contributed by atoms with Crippen molar-refractivity contribution < 1.29 is 4.74 Å². The predicted molar refractivity (Wildman–Crippen MR) is 142 cm³/mol. The van der Waals surface area contributed by atoms with Crippen LogP contribution in [-0.2, 0) is 4.74 Å². The molecule has 1 saturated carbocycles. The molecule has 1 saturated heterocycles. The topological polar surface area (TPSA) is 112 Å². The second-order valence-corrected chi connectivity index (χ2v) is 10.2. The number of likely N-dealkylation sites (tertiary alicyclic amines) is 1. The highest BCUT2D eigenvalue weighted by atomic mass is 16.5. The van der Waals surface area contributed by atoms with Crippen LogP contribution >= 0.6 is 0 Å². The van der Waals surface area contributed by atoms with Crippen molar-refractivity contribution in [3.8, 4) is 0 Å². The molecule has 0 spiro atoms. The Hall–Kier alpha value is -3.59. The number of nitrogens with zero attached hydrogens (tertiary/aromatic N) is 5. The summed E-state index contributed by atoms with van der Waals surface area (Å²) in [5, 5.41) is 23.9. The number of nitrogens with one attached hydrogen (secondary N) is 3. The number of hydrogen-bond acceptors (Lipinski definition) is 8. The molecule has 2 atom stereocenters. The highest BCUT2D eigenvalue weighted by Crippen LogP contribution is 2.36. The van der Waals surface area contributed by atoms with Crippen molar-refractivity contribution in [3.63, 3.8) is 0 Å². The molecule has 4 heterocycles. The van der Waals surface area contributed by atoms with Gasteiger partial charge in [-0.25, -0.2) is 4.98 Å². The van der Waals surface area contributed by atoms with Gasteiger partial charge in [-0.15, -0.1) is 5.10 Å². The van der Waals surface area contributed by atoms with Crippen LogP contribution < -0.4 is 10.6 Å². The van der Waals surface area contributed by atoms with Crippen molar-refractivity contribution >= 4 is 34.1 Å². The van der Waals surface area contributed by atoms with Crippen molar-refractivity contribution in [1.82, 2.24) is 30.4 Å². The molecule has 2 aliphatic rings. The fourth-order valence-electron chi connectivity index (χ4n) is 4.34. The van der Waals surface area contributed by atoms with Gasteiger partial charge in [-0.2, -0.15) is 5.10 Å². The Bertz CT molecular complexity index is 1280. The zero-order valence-corrected chi connectivity index (χ0v) is 21.3. The first-order valence-corrected chi connectivity index (χ1v) is 12.6. The number of amidine groups is 1. The van der Waals surface area contributed by atoms with Gasteiger partial charge in [0.1, 0.15) is 11.7 Å². The van der Waals surface area contributed by atoms with Gasteiger partial charge in [0, 0.05) is 50.3 Å². The zero-order chi connectivity index (χ0) is 25.2. The zero-order valence-electron chi connectivity index (χ0n) is 21.3. The van der Waals surface area contributed by atoms with Crippen molar-refractivity contribution in [2.45, 2.75) is 39.2 Å². The normalized spacial score (nSPS) is 19.9. The van der Waals surface area contributed by atoms with E-state index in [4.69, 9.17) is 15.1 Å². The van der Waals surface area contributed by atoms with Gasteiger partial charge in [-0.05, 0) is 54.0 Å². The number of methoxy groups -OCH3 is 1. The van der Waals surface area contributed by atoms with Crippen molar-refractivity contribution in [1.29, 1.82) is 5.41 Å². The minimum absolute atomic E-state index is 0.175. The lowest BCUT2D eigenvalue weighted by molar-refractivity contribution is 0.00620. The highest BCUT2D eigenvalue weighted by Gasteiger charge is 2.32. The van der Waals surface area contributed by atoms with Crippen LogP contribution in [-0.4, -0.2) is 63.7 Å². The van der Waals surface area contributed by atoms with E-state index in [1.807, 2.05) is 41.6 Å². The number of fused-ring (bicyclic) bond motifs is 1. The van der Waals surface area contributed by atoms with Gasteiger partial charge < -0.3 is 20.3 Å². The molecular formula is C27H34N8O. The standard InChI is InChI=1S/C27H34N8O/c1-16(2)18-9-26(34-31-12-18)33-25-6-5-23-24(32-25)8-20(11-30-23)22(13-29-10-19-7-17(19)3)27(28)35-14-21(15-35)36-4/h5-6,8-9,11-13,16-17,19,21,28-29H,7,10,14-15H2,1-4H3,(H,32,33,34)/b22-13-,28-27?/t17?,19-/m1/s1. The van der Waals surface area contributed by atoms with E-state index in [0.29, 0.717) is 29.3 Å². The summed E-state index contributed by atoms with van der Waals surface area (Å²) < 4.78 is 5.41. The van der Waals surface area contributed by atoms with E-state index < -0.39 is 0 Å². The molecule has 2 fully saturated rings. The Kier molecular flexibility index (Phi) is 6.82. The van der Waals surface area contributed by atoms with Crippen molar-refractivity contribution in [3.05, 3.63) is 54.0 Å². The average Bonchev–Trinajstić information content (AvgIpc) is 3.55. The van der Waals surface area contributed by atoms with Crippen molar-refractivity contribution in [2.24, 2.45) is 11.8 Å². The van der Waals surface area contributed by atoms with E-state index in [9.17, 15) is 0 Å². The Labute approximate surface area is 211 Å². The lowest BCUT2D eigenvalue weighted by atomic mass is 10.0. The SMILES string of the molecule is COC1CN(C(=N)/C(=C\NC[C@H]2CC2C)c2cnc3ccc(Nc4cc(C(C)C)cnn4)nc3c2)C1. The number of ether oxygens (including phenoxy) is 1. The Morgan fingerprint density at radius 3 is 2.72 bits per heavy atom. The lowest BCUT2D eigenvalue weighted by Crippen LogP contribution is -2.54. The third kappa shape index (κ3) is 5.31. The summed E-state index contributed by atoms with van der Waals surface area (Å²) >= 11 is 0. The van der Waals surface area contributed by atoms with Gasteiger partial charge in [0.05, 0.1) is 23.3 Å². The smallest absolute Gasteiger partial charge is 0.154 e. The van der Waals surface area contributed by atoms with Crippen LogP contribution in [0.4, 0.5) is 11.6 Å². The number of anilines is 2. The maximum Gasteiger partial charge on any atom is 0.154 e. The molecule has 9 heteroatoms. The lowest BCUT2D eigenvalue weighted by Gasteiger charge is -2.40. The number of rotatable bonds is 9. The van der Waals surface area contributed by atoms with E-state index in [2.05, 4.69) is 46.6 Å². The Morgan fingerprint density at radius 2 is 2.00 bits per heavy atom. The van der Waals surface area contributed by atoms with E-state index in [1.54, 1.807) is 13.3 Å². The molecule has 188 valence electrons. The Balaban J connectivity index is 1.40. The van der Waals surface area contributed by atoms with E-state index in [1.165, 1.54) is 6.42 Å². The van der Waals surface area contributed by atoms with Gasteiger partial charge in [0.25, 0.3) is 0 Å². The van der Waals surface area contributed by atoms with Gasteiger partial charge in [-0.1, -0.05) is 20.8 Å². The van der Waals surface area contributed by atoms with E-state index >= 15 is 0 Å². The molecule has 5 rings (SSSR count). The predicted octanol–water partition coefficient (Wildman–Crippen LogP) is 4.18. The summed E-state index contributed by atoms with van der Waals surface area (Å²) in [5.41, 5.74) is 4.32. The molecule has 1 aliphatic heterocycles. The van der Waals surface area contributed by atoms with E-state index in [0.717, 1.165) is 53.3 Å². The molecule has 0 amide bonds. The number of aromatic nitrogens is 4. The first-order chi connectivity index (χ1) is 17.4. The minimum atomic E-state index is 0.175. The van der Waals surface area contributed by atoms with Crippen LogP contribution in [0.25, 0.3) is 16.6 Å². The van der Waals surface area contributed by atoms with Crippen LogP contribution in [0.1, 0.15) is 44.2 Å². The fraction of sp³-hybridized carbons (Fsp3) is 0.444.